The molecule has 1 rings (SSSR count). The Kier molecular flexibility index (Phi) is 6.01. The SMILES string of the molecule is C[C@H](CO)N(C)C(=O)N[C@H](c1ccc(F)c(Cl)c1)C(F)(F)F. The molecule has 9 heteroatoms. The molecular weight excluding hydrogens is 328 g/mol. The van der Waals surface area contributed by atoms with E-state index in [4.69, 9.17) is 16.7 Å². The molecule has 0 saturated heterocycles. The zero-order valence-corrected chi connectivity index (χ0v) is 12.5. The highest BCUT2D eigenvalue weighted by molar-refractivity contribution is 6.30. The number of aliphatic hydroxyl groups excluding tert-OH is 1. The summed E-state index contributed by atoms with van der Waals surface area (Å²) in [5.74, 6) is -0.858. The normalized spacial score (nSPS) is 14.4. The maximum atomic E-state index is 13.1. The van der Waals surface area contributed by atoms with Crippen LogP contribution in [0.3, 0.4) is 0 Å². The summed E-state index contributed by atoms with van der Waals surface area (Å²) in [7, 11) is 1.25. The van der Waals surface area contributed by atoms with E-state index in [1.807, 2.05) is 0 Å². The molecule has 0 aliphatic rings. The predicted molar refractivity (Wildman–Crippen MR) is 73.0 cm³/mol. The molecule has 2 atom stereocenters. The Morgan fingerprint density at radius 2 is 2.05 bits per heavy atom. The Balaban J connectivity index is 3.05. The molecule has 0 unspecified atom stereocenters. The van der Waals surface area contributed by atoms with Crippen LogP contribution in [0.5, 0.6) is 0 Å². The summed E-state index contributed by atoms with van der Waals surface area (Å²) in [6.07, 6.45) is -4.79. The smallest absolute Gasteiger partial charge is 0.394 e. The van der Waals surface area contributed by atoms with Gasteiger partial charge in [-0.25, -0.2) is 9.18 Å². The van der Waals surface area contributed by atoms with Crippen LogP contribution < -0.4 is 5.32 Å². The van der Waals surface area contributed by atoms with Crippen LogP contribution in [0, 0.1) is 5.82 Å². The van der Waals surface area contributed by atoms with Gasteiger partial charge in [-0.15, -0.1) is 0 Å². The fourth-order valence-electron chi connectivity index (χ4n) is 1.59. The number of rotatable bonds is 4. The van der Waals surface area contributed by atoms with Crippen molar-refractivity contribution in [3.8, 4) is 0 Å². The van der Waals surface area contributed by atoms with Gasteiger partial charge >= 0.3 is 12.2 Å². The van der Waals surface area contributed by atoms with Crippen molar-refractivity contribution in [3.63, 3.8) is 0 Å². The lowest BCUT2D eigenvalue weighted by Gasteiger charge is -2.28. The van der Waals surface area contributed by atoms with E-state index in [-0.39, 0.29) is 0 Å². The Morgan fingerprint density at radius 1 is 1.45 bits per heavy atom. The first-order valence-electron chi connectivity index (χ1n) is 6.23. The number of nitrogens with zero attached hydrogens (tertiary/aromatic N) is 1. The van der Waals surface area contributed by atoms with Gasteiger partial charge in [-0.3, -0.25) is 0 Å². The average Bonchev–Trinajstić information content (AvgIpc) is 2.44. The van der Waals surface area contributed by atoms with E-state index in [2.05, 4.69) is 0 Å². The molecule has 2 N–H and O–H groups in total. The lowest BCUT2D eigenvalue weighted by molar-refractivity contribution is -0.155. The summed E-state index contributed by atoms with van der Waals surface area (Å²) >= 11 is 5.48. The molecule has 0 saturated carbocycles. The maximum Gasteiger partial charge on any atom is 0.412 e. The number of carbonyl (C=O) groups excluding carboxylic acids is 1. The lowest BCUT2D eigenvalue weighted by atomic mass is 10.1. The summed E-state index contributed by atoms with van der Waals surface area (Å²) in [6, 6.07) is -1.52. The van der Waals surface area contributed by atoms with Crippen molar-refractivity contribution in [1.82, 2.24) is 10.2 Å². The van der Waals surface area contributed by atoms with Crippen molar-refractivity contribution >= 4 is 17.6 Å². The highest BCUT2D eigenvalue weighted by Crippen LogP contribution is 2.34. The third-order valence-corrected chi connectivity index (χ3v) is 3.41. The van der Waals surface area contributed by atoms with Crippen molar-refractivity contribution in [3.05, 3.63) is 34.6 Å². The molecule has 0 fully saturated rings. The van der Waals surface area contributed by atoms with Crippen LogP contribution in [0.25, 0.3) is 0 Å². The van der Waals surface area contributed by atoms with Crippen molar-refractivity contribution in [2.24, 2.45) is 0 Å². The molecule has 0 aromatic heterocycles. The standard InChI is InChI=1S/C13H15ClF4N2O2/c1-7(6-21)20(2)12(22)19-11(13(16,17)18)8-3-4-10(15)9(14)5-8/h3-5,7,11,21H,6H2,1-2H3,(H,19,22)/t7-,11-/m1/s1. The molecule has 0 spiro atoms. The van der Waals surface area contributed by atoms with Gasteiger partial charge in [0.25, 0.3) is 0 Å². The Labute approximate surface area is 129 Å². The van der Waals surface area contributed by atoms with Crippen molar-refractivity contribution in [1.29, 1.82) is 0 Å². The summed E-state index contributed by atoms with van der Waals surface area (Å²) < 4.78 is 52.4. The minimum absolute atomic E-state index is 0.391. The lowest BCUT2D eigenvalue weighted by Crippen LogP contribution is -2.48. The molecule has 4 nitrogen and oxygen atoms in total. The molecule has 0 aliphatic carbocycles. The van der Waals surface area contributed by atoms with Crippen LogP contribution in [0.2, 0.25) is 5.02 Å². The second-order valence-corrected chi connectivity index (χ2v) is 5.15. The summed E-state index contributed by atoms with van der Waals surface area (Å²) in [6.45, 7) is 1.07. The van der Waals surface area contributed by atoms with E-state index in [1.165, 1.54) is 14.0 Å². The van der Waals surface area contributed by atoms with Gasteiger partial charge in [0.05, 0.1) is 17.7 Å². The molecule has 1 aromatic carbocycles. The number of benzene rings is 1. The number of aliphatic hydroxyl groups is 1. The van der Waals surface area contributed by atoms with E-state index in [0.29, 0.717) is 0 Å². The number of hydrogen-bond donors (Lipinski definition) is 2. The van der Waals surface area contributed by atoms with E-state index in [9.17, 15) is 22.4 Å². The third kappa shape index (κ3) is 4.48. The predicted octanol–water partition coefficient (Wildman–Crippen LogP) is 3.10. The quantitative estimate of drug-likeness (QED) is 0.826. The number of alkyl halides is 3. The number of halogens is 5. The molecule has 0 bridgehead atoms. The average molecular weight is 343 g/mol. The molecule has 0 radical (unpaired) electrons. The third-order valence-electron chi connectivity index (χ3n) is 3.12. The first-order chi connectivity index (χ1) is 10.1. The maximum absolute atomic E-state index is 13.1. The van der Waals surface area contributed by atoms with E-state index in [1.54, 1.807) is 5.32 Å². The minimum Gasteiger partial charge on any atom is -0.394 e. The van der Waals surface area contributed by atoms with Crippen LogP contribution in [0.1, 0.15) is 18.5 Å². The van der Waals surface area contributed by atoms with Crippen LogP contribution in [0.4, 0.5) is 22.4 Å². The van der Waals surface area contributed by atoms with Crippen LogP contribution in [-0.2, 0) is 0 Å². The van der Waals surface area contributed by atoms with Gasteiger partial charge in [-0.05, 0) is 24.6 Å². The van der Waals surface area contributed by atoms with Gasteiger partial charge in [0.1, 0.15) is 5.82 Å². The second-order valence-electron chi connectivity index (χ2n) is 4.74. The molecule has 124 valence electrons. The van der Waals surface area contributed by atoms with Crippen LogP contribution in [-0.4, -0.2) is 41.9 Å². The summed E-state index contributed by atoms with van der Waals surface area (Å²) in [5, 5.41) is 10.3. The molecule has 22 heavy (non-hydrogen) atoms. The van der Waals surface area contributed by atoms with Crippen molar-refractivity contribution < 1.29 is 27.5 Å². The highest BCUT2D eigenvalue weighted by Gasteiger charge is 2.42. The van der Waals surface area contributed by atoms with Crippen LogP contribution >= 0.6 is 11.6 Å². The van der Waals surface area contributed by atoms with E-state index < -0.39 is 47.3 Å². The first kappa shape index (κ1) is 18.5. The Hall–Kier alpha value is -1.54. The molecular formula is C13H15ClF4N2O2. The van der Waals surface area contributed by atoms with Gasteiger partial charge in [-0.1, -0.05) is 17.7 Å². The number of carbonyl (C=O) groups is 1. The van der Waals surface area contributed by atoms with Gasteiger partial charge < -0.3 is 15.3 Å². The van der Waals surface area contributed by atoms with E-state index >= 15 is 0 Å². The number of urea groups is 1. The zero-order valence-electron chi connectivity index (χ0n) is 11.8. The largest absolute Gasteiger partial charge is 0.412 e. The van der Waals surface area contributed by atoms with Crippen molar-refractivity contribution in [2.45, 2.75) is 25.2 Å². The second kappa shape index (κ2) is 7.15. The highest BCUT2D eigenvalue weighted by atomic mass is 35.5. The minimum atomic E-state index is -4.79. The van der Waals surface area contributed by atoms with Crippen molar-refractivity contribution in [2.75, 3.05) is 13.7 Å². The number of nitrogens with one attached hydrogen (secondary N) is 1. The number of hydrogen-bond acceptors (Lipinski definition) is 2. The Bertz CT molecular complexity index is 539. The molecule has 0 aliphatic heterocycles. The molecule has 0 heterocycles. The monoisotopic (exact) mass is 342 g/mol. The van der Waals surface area contributed by atoms with Gasteiger partial charge in [0.15, 0.2) is 6.04 Å². The first-order valence-corrected chi connectivity index (χ1v) is 6.61. The van der Waals surface area contributed by atoms with Gasteiger partial charge in [-0.2, -0.15) is 13.2 Å². The fraction of sp³-hybridized carbons (Fsp3) is 0.462. The fourth-order valence-corrected chi connectivity index (χ4v) is 1.78. The van der Waals surface area contributed by atoms with Gasteiger partial charge in [0, 0.05) is 7.05 Å². The van der Waals surface area contributed by atoms with E-state index in [0.717, 1.165) is 23.1 Å². The summed E-state index contributed by atoms with van der Waals surface area (Å²) in [4.78, 5) is 12.8. The van der Waals surface area contributed by atoms with Gasteiger partial charge in [0.2, 0.25) is 0 Å². The number of likely N-dealkylation sites (N-methyl/N-ethyl adjacent to an activating group) is 1. The zero-order chi connectivity index (χ0) is 17.1. The molecule has 1 aromatic rings. The topological polar surface area (TPSA) is 52.6 Å². The Morgan fingerprint density at radius 3 is 2.50 bits per heavy atom. The summed E-state index contributed by atoms with van der Waals surface area (Å²) in [5.41, 5.74) is -0.391. The number of amides is 2. The molecule has 2 amide bonds. The van der Waals surface area contributed by atoms with Crippen LogP contribution in [0.15, 0.2) is 18.2 Å².